The Bertz CT molecular complexity index is 685. The summed E-state index contributed by atoms with van der Waals surface area (Å²) in [6, 6.07) is 10.8. The Labute approximate surface area is 134 Å². The van der Waals surface area contributed by atoms with Crippen LogP contribution < -0.4 is 19.9 Å². The van der Waals surface area contributed by atoms with Gasteiger partial charge in [-0.3, -0.25) is 0 Å². The number of methoxy groups -OCH3 is 2. The summed E-state index contributed by atoms with van der Waals surface area (Å²) in [5.74, 6) is 0.236. The van der Waals surface area contributed by atoms with Gasteiger partial charge in [-0.15, -0.1) is 0 Å². The molecule has 0 aliphatic heterocycles. The van der Waals surface area contributed by atoms with Crippen molar-refractivity contribution in [2.45, 2.75) is 6.42 Å². The van der Waals surface area contributed by atoms with E-state index in [0.717, 1.165) is 0 Å². The van der Waals surface area contributed by atoms with Crippen LogP contribution in [0.1, 0.15) is 15.9 Å². The molecule has 0 unspecified atom stereocenters. The lowest BCUT2D eigenvalue weighted by molar-refractivity contribution is 0.0691. The van der Waals surface area contributed by atoms with Crippen molar-refractivity contribution in [1.82, 2.24) is 0 Å². The SMILES string of the molecule is COc1c(Oc2ccccc2)cc(CCN)c(C(=O)O)c1OC. The van der Waals surface area contributed by atoms with E-state index < -0.39 is 5.97 Å². The number of carboxylic acids is 1. The van der Waals surface area contributed by atoms with Gasteiger partial charge in [-0.1, -0.05) is 18.2 Å². The average molecular weight is 317 g/mol. The van der Waals surface area contributed by atoms with Crippen LogP contribution in [-0.4, -0.2) is 31.8 Å². The summed E-state index contributed by atoms with van der Waals surface area (Å²) in [4.78, 5) is 11.6. The maximum atomic E-state index is 11.6. The number of ether oxygens (including phenoxy) is 3. The Balaban J connectivity index is 2.61. The summed E-state index contributed by atoms with van der Waals surface area (Å²) in [6.07, 6.45) is 0.382. The number of benzene rings is 2. The molecule has 3 N–H and O–H groups in total. The van der Waals surface area contributed by atoms with Crippen molar-refractivity contribution in [2.24, 2.45) is 5.73 Å². The molecule has 0 aromatic heterocycles. The predicted molar refractivity (Wildman–Crippen MR) is 85.8 cm³/mol. The second-order valence-electron chi connectivity index (χ2n) is 4.73. The van der Waals surface area contributed by atoms with E-state index in [2.05, 4.69) is 0 Å². The second kappa shape index (κ2) is 7.51. The molecule has 6 heteroatoms. The molecular weight excluding hydrogens is 298 g/mol. The van der Waals surface area contributed by atoms with Gasteiger partial charge in [-0.2, -0.15) is 0 Å². The number of nitrogens with two attached hydrogens (primary N) is 1. The molecule has 0 radical (unpaired) electrons. The number of para-hydroxylation sites is 1. The Morgan fingerprint density at radius 3 is 2.30 bits per heavy atom. The van der Waals surface area contributed by atoms with Gasteiger partial charge >= 0.3 is 5.97 Å². The van der Waals surface area contributed by atoms with Crippen LogP contribution in [0, 0.1) is 0 Å². The molecule has 0 heterocycles. The summed E-state index contributed by atoms with van der Waals surface area (Å²) in [5.41, 5.74) is 6.16. The van der Waals surface area contributed by atoms with E-state index in [1.54, 1.807) is 18.2 Å². The standard InChI is InChI=1S/C17H19NO5/c1-21-15-13(23-12-6-4-3-5-7-12)10-11(8-9-18)14(17(19)20)16(15)22-2/h3-7,10H,8-9,18H2,1-2H3,(H,19,20). The van der Waals surface area contributed by atoms with Gasteiger partial charge in [0.05, 0.1) is 14.2 Å². The van der Waals surface area contributed by atoms with E-state index in [0.29, 0.717) is 30.0 Å². The summed E-state index contributed by atoms with van der Waals surface area (Å²) in [6.45, 7) is 0.306. The zero-order chi connectivity index (χ0) is 16.8. The Morgan fingerprint density at radius 2 is 1.78 bits per heavy atom. The maximum Gasteiger partial charge on any atom is 0.339 e. The molecule has 0 amide bonds. The first-order valence-electron chi connectivity index (χ1n) is 7.06. The van der Waals surface area contributed by atoms with Crippen molar-refractivity contribution in [2.75, 3.05) is 20.8 Å². The Hall–Kier alpha value is -2.73. The molecule has 2 aromatic rings. The van der Waals surface area contributed by atoms with Crippen LogP contribution in [0.2, 0.25) is 0 Å². The van der Waals surface area contributed by atoms with Crippen LogP contribution in [0.15, 0.2) is 36.4 Å². The molecule has 0 saturated heterocycles. The molecule has 0 atom stereocenters. The Morgan fingerprint density at radius 1 is 1.13 bits per heavy atom. The van der Waals surface area contributed by atoms with Crippen molar-refractivity contribution in [3.63, 3.8) is 0 Å². The summed E-state index contributed by atoms with van der Waals surface area (Å²) in [5, 5.41) is 9.49. The fraction of sp³-hybridized carbons (Fsp3) is 0.235. The van der Waals surface area contributed by atoms with E-state index in [1.165, 1.54) is 14.2 Å². The van der Waals surface area contributed by atoms with E-state index in [-0.39, 0.29) is 17.1 Å². The van der Waals surface area contributed by atoms with Gasteiger partial charge < -0.3 is 25.1 Å². The number of aromatic carboxylic acids is 1. The molecule has 0 spiro atoms. The highest BCUT2D eigenvalue weighted by molar-refractivity contribution is 5.94. The van der Waals surface area contributed by atoms with Crippen LogP contribution in [0.25, 0.3) is 0 Å². The summed E-state index contributed by atoms with van der Waals surface area (Å²) >= 11 is 0. The van der Waals surface area contributed by atoms with Gasteiger partial charge in [-0.25, -0.2) is 4.79 Å². The zero-order valence-corrected chi connectivity index (χ0v) is 13.0. The molecule has 122 valence electrons. The quantitative estimate of drug-likeness (QED) is 0.816. The third-order valence-corrected chi connectivity index (χ3v) is 3.29. The Kier molecular flexibility index (Phi) is 5.43. The summed E-state index contributed by atoms with van der Waals surface area (Å²) in [7, 11) is 2.83. The fourth-order valence-electron chi connectivity index (χ4n) is 2.33. The number of hydrogen-bond acceptors (Lipinski definition) is 5. The minimum Gasteiger partial charge on any atom is -0.492 e. The van der Waals surface area contributed by atoms with Gasteiger partial charge in [-0.05, 0) is 36.7 Å². The topological polar surface area (TPSA) is 91.0 Å². The van der Waals surface area contributed by atoms with Crippen LogP contribution in [0.5, 0.6) is 23.0 Å². The minimum atomic E-state index is -1.10. The zero-order valence-electron chi connectivity index (χ0n) is 13.0. The van der Waals surface area contributed by atoms with E-state index in [4.69, 9.17) is 19.9 Å². The molecule has 23 heavy (non-hydrogen) atoms. The lowest BCUT2D eigenvalue weighted by Gasteiger charge is -2.18. The molecule has 0 saturated carbocycles. The highest BCUT2D eigenvalue weighted by Gasteiger charge is 2.25. The first-order chi connectivity index (χ1) is 11.1. The first kappa shape index (κ1) is 16.6. The molecule has 0 aliphatic rings. The molecule has 2 rings (SSSR count). The van der Waals surface area contributed by atoms with Crippen molar-refractivity contribution in [1.29, 1.82) is 0 Å². The third-order valence-electron chi connectivity index (χ3n) is 3.29. The predicted octanol–water partition coefficient (Wildman–Crippen LogP) is 2.70. The van der Waals surface area contributed by atoms with E-state index in [1.807, 2.05) is 18.2 Å². The smallest absolute Gasteiger partial charge is 0.339 e. The summed E-state index contributed by atoms with van der Waals surface area (Å²) < 4.78 is 16.4. The second-order valence-corrected chi connectivity index (χ2v) is 4.73. The van der Waals surface area contributed by atoms with Gasteiger partial charge in [0.25, 0.3) is 0 Å². The van der Waals surface area contributed by atoms with Crippen LogP contribution in [0.4, 0.5) is 0 Å². The number of hydrogen-bond donors (Lipinski definition) is 2. The highest BCUT2D eigenvalue weighted by Crippen LogP contribution is 2.43. The number of carboxylic acid groups (broad SMARTS) is 1. The van der Waals surface area contributed by atoms with E-state index in [9.17, 15) is 9.90 Å². The first-order valence-corrected chi connectivity index (χ1v) is 7.06. The van der Waals surface area contributed by atoms with Crippen molar-refractivity contribution in [3.05, 3.63) is 47.5 Å². The molecular formula is C17H19NO5. The monoisotopic (exact) mass is 317 g/mol. The van der Waals surface area contributed by atoms with Gasteiger partial charge in [0.2, 0.25) is 5.75 Å². The lowest BCUT2D eigenvalue weighted by atomic mass is 10.0. The van der Waals surface area contributed by atoms with Gasteiger partial charge in [0, 0.05) is 0 Å². The normalized spacial score (nSPS) is 10.2. The minimum absolute atomic E-state index is 0.0372. The molecule has 6 nitrogen and oxygen atoms in total. The van der Waals surface area contributed by atoms with Crippen LogP contribution in [0.3, 0.4) is 0 Å². The van der Waals surface area contributed by atoms with E-state index >= 15 is 0 Å². The lowest BCUT2D eigenvalue weighted by Crippen LogP contribution is -2.12. The third kappa shape index (κ3) is 3.54. The fourth-order valence-corrected chi connectivity index (χ4v) is 2.33. The highest BCUT2D eigenvalue weighted by atomic mass is 16.5. The van der Waals surface area contributed by atoms with Gasteiger partial charge in [0.1, 0.15) is 11.3 Å². The molecule has 2 aromatic carbocycles. The van der Waals surface area contributed by atoms with Crippen molar-refractivity contribution in [3.8, 4) is 23.0 Å². The molecule has 0 aliphatic carbocycles. The van der Waals surface area contributed by atoms with Crippen molar-refractivity contribution < 1.29 is 24.1 Å². The van der Waals surface area contributed by atoms with Crippen molar-refractivity contribution >= 4 is 5.97 Å². The molecule has 0 fully saturated rings. The number of carbonyl (C=O) groups is 1. The largest absolute Gasteiger partial charge is 0.492 e. The average Bonchev–Trinajstić information content (AvgIpc) is 2.55. The van der Waals surface area contributed by atoms with Crippen LogP contribution >= 0.6 is 0 Å². The van der Waals surface area contributed by atoms with Crippen LogP contribution in [-0.2, 0) is 6.42 Å². The maximum absolute atomic E-state index is 11.6. The van der Waals surface area contributed by atoms with Gasteiger partial charge in [0.15, 0.2) is 11.5 Å². The molecule has 0 bridgehead atoms. The number of rotatable bonds is 7.